The van der Waals surface area contributed by atoms with Gasteiger partial charge in [-0.05, 0) is 55.9 Å². The number of halogens is 2. The van der Waals surface area contributed by atoms with Gasteiger partial charge >= 0.3 is 0 Å². The molecule has 34 heavy (non-hydrogen) atoms. The van der Waals surface area contributed by atoms with Gasteiger partial charge in [-0.1, -0.05) is 12.1 Å². The molecule has 0 aliphatic heterocycles. The molecule has 4 aromatic rings. The number of carbonyl (C=O) groups is 1. The summed E-state index contributed by atoms with van der Waals surface area (Å²) in [5, 5.41) is 22.1. The number of aromatic hydroxyl groups is 1. The molecule has 7 nitrogen and oxygen atoms in total. The molecule has 1 fully saturated rings. The number of hydrogen-bond donors (Lipinski definition) is 2. The second-order valence-corrected chi connectivity index (χ2v) is 8.90. The number of phenols is 1. The van der Waals surface area contributed by atoms with E-state index in [9.17, 15) is 18.7 Å². The monoisotopic (exact) mass is 465 g/mol. The van der Waals surface area contributed by atoms with Crippen molar-refractivity contribution in [3.05, 3.63) is 66.0 Å². The van der Waals surface area contributed by atoms with Crippen molar-refractivity contribution in [3.63, 3.8) is 0 Å². The average molecular weight is 466 g/mol. The van der Waals surface area contributed by atoms with Crippen LogP contribution in [0, 0.1) is 17.6 Å². The number of aromatic nitrogens is 4. The predicted octanol–water partition coefficient (Wildman–Crippen LogP) is 4.58. The molecule has 1 amide bonds. The lowest BCUT2D eigenvalue weighted by molar-refractivity contribution is 0.0940. The number of hydrogen-bond acceptors (Lipinski definition) is 4. The van der Waals surface area contributed by atoms with Crippen molar-refractivity contribution in [2.75, 3.05) is 6.54 Å². The van der Waals surface area contributed by atoms with E-state index in [0.29, 0.717) is 12.6 Å². The molecular formula is C25H25F2N5O2. The SMILES string of the molecule is Cn1nccc1-c1ccc2cn([C@H]3CC[C@H](CNC(=O)c4cc(F)c(O)c(F)c4)CC3)nc2c1. The molecule has 0 bridgehead atoms. The first kappa shape index (κ1) is 22.1. The molecule has 0 unspecified atom stereocenters. The smallest absolute Gasteiger partial charge is 0.251 e. The summed E-state index contributed by atoms with van der Waals surface area (Å²) in [7, 11) is 1.92. The highest BCUT2D eigenvalue weighted by molar-refractivity contribution is 5.94. The topological polar surface area (TPSA) is 85.0 Å². The minimum atomic E-state index is -1.15. The van der Waals surface area contributed by atoms with Gasteiger partial charge in [-0.3, -0.25) is 14.2 Å². The number of nitrogens with one attached hydrogen (secondary N) is 1. The first-order valence-electron chi connectivity index (χ1n) is 11.3. The fraction of sp³-hybridized carbons (Fsp3) is 0.320. The van der Waals surface area contributed by atoms with Crippen molar-refractivity contribution in [3.8, 4) is 17.0 Å². The third-order valence-corrected chi connectivity index (χ3v) is 6.66. The normalized spacial score (nSPS) is 18.3. The number of rotatable bonds is 5. The summed E-state index contributed by atoms with van der Waals surface area (Å²) in [4.78, 5) is 12.3. The van der Waals surface area contributed by atoms with Crippen LogP contribution in [0.3, 0.4) is 0 Å². The van der Waals surface area contributed by atoms with Gasteiger partial charge < -0.3 is 10.4 Å². The van der Waals surface area contributed by atoms with Gasteiger partial charge in [-0.2, -0.15) is 10.2 Å². The summed E-state index contributed by atoms with van der Waals surface area (Å²) in [5.41, 5.74) is 2.92. The second kappa shape index (κ2) is 8.89. The van der Waals surface area contributed by atoms with E-state index in [0.717, 1.165) is 60.0 Å². The molecule has 176 valence electrons. The Morgan fingerprint density at radius 3 is 2.53 bits per heavy atom. The minimum Gasteiger partial charge on any atom is -0.503 e. The summed E-state index contributed by atoms with van der Waals surface area (Å²) in [6, 6.07) is 10.2. The maximum absolute atomic E-state index is 13.5. The maximum atomic E-state index is 13.5. The van der Waals surface area contributed by atoms with Crippen molar-refractivity contribution in [2.24, 2.45) is 13.0 Å². The van der Waals surface area contributed by atoms with Crippen molar-refractivity contribution in [2.45, 2.75) is 31.7 Å². The van der Waals surface area contributed by atoms with Crippen molar-refractivity contribution in [1.29, 1.82) is 0 Å². The third-order valence-electron chi connectivity index (χ3n) is 6.66. The highest BCUT2D eigenvalue weighted by atomic mass is 19.1. The van der Waals surface area contributed by atoms with E-state index in [1.54, 1.807) is 6.20 Å². The first-order valence-corrected chi connectivity index (χ1v) is 11.3. The van der Waals surface area contributed by atoms with E-state index in [4.69, 9.17) is 5.10 Å². The van der Waals surface area contributed by atoms with Gasteiger partial charge in [-0.15, -0.1) is 0 Å². The van der Waals surface area contributed by atoms with Crippen LogP contribution in [0.4, 0.5) is 8.78 Å². The molecule has 2 aromatic carbocycles. The lowest BCUT2D eigenvalue weighted by atomic mass is 9.86. The molecule has 2 N–H and O–H groups in total. The highest BCUT2D eigenvalue weighted by Crippen LogP contribution is 2.33. The number of benzene rings is 2. The van der Waals surface area contributed by atoms with Crippen LogP contribution in [0.2, 0.25) is 0 Å². The van der Waals surface area contributed by atoms with E-state index in [2.05, 4.69) is 39.5 Å². The Morgan fingerprint density at radius 1 is 1.12 bits per heavy atom. The van der Waals surface area contributed by atoms with Gasteiger partial charge in [0.2, 0.25) is 0 Å². The molecule has 2 heterocycles. The molecule has 1 aliphatic carbocycles. The van der Waals surface area contributed by atoms with Crippen molar-refractivity contribution < 1.29 is 18.7 Å². The zero-order chi connectivity index (χ0) is 23.8. The third kappa shape index (κ3) is 4.25. The lowest BCUT2D eigenvalue weighted by Crippen LogP contribution is -2.31. The zero-order valence-electron chi connectivity index (χ0n) is 18.7. The van der Waals surface area contributed by atoms with Gasteiger partial charge in [0.15, 0.2) is 17.4 Å². The fourth-order valence-corrected chi connectivity index (χ4v) is 4.69. The number of aryl methyl sites for hydroxylation is 1. The van der Waals surface area contributed by atoms with Crippen LogP contribution in [0.5, 0.6) is 5.75 Å². The fourth-order valence-electron chi connectivity index (χ4n) is 4.69. The minimum absolute atomic E-state index is 0.143. The van der Waals surface area contributed by atoms with Crippen LogP contribution < -0.4 is 5.32 Å². The van der Waals surface area contributed by atoms with Crippen LogP contribution in [0.1, 0.15) is 42.1 Å². The molecule has 0 atom stereocenters. The van der Waals surface area contributed by atoms with Crippen LogP contribution in [-0.4, -0.2) is 37.1 Å². The van der Waals surface area contributed by atoms with Gasteiger partial charge in [0.1, 0.15) is 0 Å². The standard InChI is InChI=1S/C25H25F2N5O2/c1-31-23(8-9-29-31)16-4-5-17-14-32(30-22(17)12-16)19-6-2-15(3-7-19)13-28-25(34)18-10-20(26)24(33)21(27)11-18/h4-5,8-12,14-15,19,33H,2-3,6-7,13H2,1H3,(H,28,34)/t15-,19-. The number of amides is 1. The predicted molar refractivity (Wildman–Crippen MR) is 123 cm³/mol. The first-order chi connectivity index (χ1) is 16.4. The molecule has 0 radical (unpaired) electrons. The Bertz CT molecular complexity index is 1330. The largest absolute Gasteiger partial charge is 0.503 e. The summed E-state index contributed by atoms with van der Waals surface area (Å²) < 4.78 is 30.9. The average Bonchev–Trinajstić information content (AvgIpc) is 3.46. The maximum Gasteiger partial charge on any atom is 0.251 e. The van der Waals surface area contributed by atoms with E-state index >= 15 is 0 Å². The van der Waals surface area contributed by atoms with Crippen LogP contribution in [0.25, 0.3) is 22.2 Å². The summed E-state index contributed by atoms with van der Waals surface area (Å²) >= 11 is 0. The number of fused-ring (bicyclic) bond motifs is 1. The summed E-state index contributed by atoms with van der Waals surface area (Å²) in [6.45, 7) is 0.435. The molecule has 5 rings (SSSR count). The molecule has 1 aliphatic rings. The number of carbonyl (C=O) groups excluding carboxylic acids is 1. The van der Waals surface area contributed by atoms with E-state index in [1.807, 2.05) is 17.8 Å². The molecule has 0 spiro atoms. The lowest BCUT2D eigenvalue weighted by Gasteiger charge is -2.28. The summed E-state index contributed by atoms with van der Waals surface area (Å²) in [6.07, 6.45) is 7.57. The van der Waals surface area contributed by atoms with Gasteiger partial charge in [0, 0.05) is 42.5 Å². The second-order valence-electron chi connectivity index (χ2n) is 8.90. The molecule has 0 saturated heterocycles. The van der Waals surface area contributed by atoms with Gasteiger partial charge in [-0.25, -0.2) is 8.78 Å². The number of nitrogens with zero attached hydrogens (tertiary/aromatic N) is 4. The Kier molecular flexibility index (Phi) is 5.77. The number of phenolic OH excluding ortho intramolecular Hbond substituents is 1. The van der Waals surface area contributed by atoms with E-state index < -0.39 is 23.3 Å². The van der Waals surface area contributed by atoms with E-state index in [-0.39, 0.29) is 11.5 Å². The van der Waals surface area contributed by atoms with Gasteiger partial charge in [0.05, 0.1) is 17.3 Å². The molecule has 2 aromatic heterocycles. The quantitative estimate of drug-likeness (QED) is 0.452. The molecular weight excluding hydrogens is 440 g/mol. The van der Waals surface area contributed by atoms with E-state index in [1.165, 1.54) is 0 Å². The Hall–Kier alpha value is -3.75. The van der Waals surface area contributed by atoms with Crippen molar-refractivity contribution in [1.82, 2.24) is 24.9 Å². The van der Waals surface area contributed by atoms with Crippen LogP contribution in [0.15, 0.2) is 48.8 Å². The Labute approximate surface area is 195 Å². The zero-order valence-corrected chi connectivity index (χ0v) is 18.7. The molecule has 9 heteroatoms. The summed E-state index contributed by atoms with van der Waals surface area (Å²) in [5.74, 6) is -3.64. The van der Waals surface area contributed by atoms with Crippen LogP contribution in [-0.2, 0) is 7.05 Å². The highest BCUT2D eigenvalue weighted by Gasteiger charge is 2.24. The molecule has 1 saturated carbocycles. The Balaban J connectivity index is 1.19. The van der Waals surface area contributed by atoms with Crippen LogP contribution >= 0.6 is 0 Å². The Morgan fingerprint density at radius 2 is 1.85 bits per heavy atom. The van der Waals surface area contributed by atoms with Crippen molar-refractivity contribution >= 4 is 16.8 Å². The van der Waals surface area contributed by atoms with Gasteiger partial charge in [0.25, 0.3) is 5.91 Å².